The van der Waals surface area contributed by atoms with E-state index < -0.39 is 6.04 Å². The first-order chi connectivity index (χ1) is 6.13. The highest BCUT2D eigenvalue weighted by molar-refractivity contribution is 5.02. The van der Waals surface area contributed by atoms with Gasteiger partial charge in [-0.2, -0.15) is 0 Å². The zero-order chi connectivity index (χ0) is 9.84. The maximum atomic E-state index is 10.5. The first-order valence-corrected chi connectivity index (χ1v) is 4.30. The van der Waals surface area contributed by atoms with E-state index in [2.05, 4.69) is 0 Å². The smallest absolute Gasteiger partial charge is 0.220 e. The van der Waals surface area contributed by atoms with Gasteiger partial charge in [-0.15, -0.1) is 0 Å². The van der Waals surface area contributed by atoms with E-state index in [0.717, 1.165) is 0 Å². The summed E-state index contributed by atoms with van der Waals surface area (Å²) in [6.07, 6.45) is 2.87. The van der Waals surface area contributed by atoms with Crippen LogP contribution in [0.4, 0.5) is 0 Å². The molecule has 0 aromatic rings. The molecule has 2 atom stereocenters. The third-order valence-corrected chi connectivity index (χ3v) is 2.12. The average Bonchev–Trinajstić information content (AvgIpc) is 2.03. The van der Waals surface area contributed by atoms with E-state index in [1.165, 1.54) is 0 Å². The van der Waals surface area contributed by atoms with Crippen molar-refractivity contribution in [1.82, 2.24) is 0 Å². The summed E-state index contributed by atoms with van der Waals surface area (Å²) >= 11 is 0. The lowest BCUT2D eigenvalue weighted by Gasteiger charge is -2.20. The van der Waals surface area contributed by atoms with Crippen LogP contribution in [0.15, 0.2) is 11.8 Å². The molecule has 1 aliphatic carbocycles. The normalized spacial score (nSPS) is 28.0. The molecule has 0 saturated heterocycles. The Balaban J connectivity index is 2.61. The molecule has 0 saturated carbocycles. The summed E-state index contributed by atoms with van der Waals surface area (Å²) in [6.45, 7) is 2.03. The van der Waals surface area contributed by atoms with Gasteiger partial charge in [-0.1, -0.05) is 6.92 Å². The first kappa shape index (κ1) is 9.98. The largest absolute Gasteiger partial charge is 0.483 e. The Hall–Kier alpha value is -1.10. The number of hydrogen-bond acceptors (Lipinski definition) is 4. The van der Waals surface area contributed by atoms with Gasteiger partial charge >= 0.3 is 0 Å². The van der Waals surface area contributed by atoms with E-state index in [1.807, 2.05) is 13.0 Å². The van der Waals surface area contributed by atoms with Crippen molar-refractivity contribution in [3.05, 3.63) is 21.9 Å². The summed E-state index contributed by atoms with van der Waals surface area (Å²) < 4.78 is 5.07. The zero-order valence-corrected chi connectivity index (χ0v) is 7.60. The Morgan fingerprint density at radius 3 is 3.08 bits per heavy atom. The Kier molecular flexibility index (Phi) is 3.25. The van der Waals surface area contributed by atoms with E-state index in [9.17, 15) is 10.1 Å². The van der Waals surface area contributed by atoms with Crippen molar-refractivity contribution < 1.29 is 9.66 Å². The molecule has 0 fully saturated rings. The van der Waals surface area contributed by atoms with Crippen LogP contribution in [-0.2, 0) is 4.74 Å². The fourth-order valence-electron chi connectivity index (χ4n) is 1.57. The molecule has 0 aromatic heterocycles. The van der Waals surface area contributed by atoms with Gasteiger partial charge in [0.1, 0.15) is 12.5 Å². The molecule has 2 N–H and O–H groups in total. The number of nitrogens with two attached hydrogens (primary N) is 1. The van der Waals surface area contributed by atoms with Gasteiger partial charge in [0, 0.05) is 11.3 Å². The Bertz CT molecular complexity index is 227. The van der Waals surface area contributed by atoms with E-state index in [1.54, 1.807) is 0 Å². The van der Waals surface area contributed by atoms with Gasteiger partial charge in [-0.25, -0.2) is 0 Å². The molecule has 0 amide bonds. The number of ether oxygens (including phenoxy) is 1. The minimum absolute atomic E-state index is 0.0863. The molecule has 0 radical (unpaired) electrons. The van der Waals surface area contributed by atoms with E-state index in [4.69, 9.17) is 10.5 Å². The van der Waals surface area contributed by atoms with Gasteiger partial charge in [0.25, 0.3) is 0 Å². The molecule has 0 heterocycles. The molecule has 13 heavy (non-hydrogen) atoms. The number of allylic oxidation sites excluding steroid dienone is 1. The summed E-state index contributed by atoms with van der Waals surface area (Å²) in [5.41, 5.74) is 5.19. The van der Waals surface area contributed by atoms with Gasteiger partial charge in [0.05, 0.1) is 6.42 Å². The van der Waals surface area contributed by atoms with E-state index >= 15 is 0 Å². The Morgan fingerprint density at radius 2 is 2.54 bits per heavy atom. The van der Waals surface area contributed by atoms with Gasteiger partial charge in [0.2, 0.25) is 6.04 Å². The molecule has 1 rings (SSSR count). The summed E-state index contributed by atoms with van der Waals surface area (Å²) in [6, 6.07) is -0.512. The second-order valence-corrected chi connectivity index (χ2v) is 3.30. The number of rotatable bonds is 3. The third-order valence-electron chi connectivity index (χ3n) is 2.12. The Morgan fingerprint density at radius 1 is 1.85 bits per heavy atom. The van der Waals surface area contributed by atoms with Crippen molar-refractivity contribution in [3.63, 3.8) is 0 Å². The van der Waals surface area contributed by atoms with Crippen molar-refractivity contribution in [2.75, 3.05) is 6.73 Å². The second kappa shape index (κ2) is 4.23. The van der Waals surface area contributed by atoms with Gasteiger partial charge in [-0.3, -0.25) is 15.8 Å². The van der Waals surface area contributed by atoms with Crippen LogP contribution in [0.3, 0.4) is 0 Å². The monoisotopic (exact) mass is 186 g/mol. The Labute approximate surface area is 76.7 Å². The molecule has 2 unspecified atom stereocenters. The lowest BCUT2D eigenvalue weighted by molar-refractivity contribution is -0.525. The number of nitro groups is 1. The van der Waals surface area contributed by atoms with Crippen LogP contribution in [0.25, 0.3) is 0 Å². The van der Waals surface area contributed by atoms with Crippen molar-refractivity contribution in [1.29, 1.82) is 0 Å². The predicted octanol–water partition coefficient (Wildman–Crippen LogP) is 0.878. The maximum absolute atomic E-state index is 10.5. The molecular formula is C8H14N2O3. The molecule has 5 heteroatoms. The van der Waals surface area contributed by atoms with Crippen LogP contribution < -0.4 is 5.73 Å². The molecule has 74 valence electrons. The highest BCUT2D eigenvalue weighted by atomic mass is 16.6. The predicted molar refractivity (Wildman–Crippen MR) is 47.4 cm³/mol. The van der Waals surface area contributed by atoms with Crippen LogP contribution in [0, 0.1) is 16.0 Å². The zero-order valence-electron chi connectivity index (χ0n) is 7.60. The van der Waals surface area contributed by atoms with Gasteiger partial charge < -0.3 is 4.74 Å². The lowest BCUT2D eigenvalue weighted by atomic mass is 9.92. The first-order valence-electron chi connectivity index (χ1n) is 4.30. The third kappa shape index (κ3) is 2.69. The number of nitrogens with zero attached hydrogens (tertiary/aromatic N) is 1. The maximum Gasteiger partial charge on any atom is 0.220 e. The van der Waals surface area contributed by atoms with Crippen molar-refractivity contribution >= 4 is 0 Å². The molecule has 1 aliphatic rings. The quantitative estimate of drug-likeness (QED) is 0.403. The molecule has 0 spiro atoms. The lowest BCUT2D eigenvalue weighted by Crippen LogP contribution is -2.27. The van der Waals surface area contributed by atoms with Gasteiger partial charge in [0.15, 0.2) is 0 Å². The highest BCUT2D eigenvalue weighted by Gasteiger charge is 2.28. The van der Waals surface area contributed by atoms with Crippen LogP contribution in [0.1, 0.15) is 19.8 Å². The minimum Gasteiger partial charge on any atom is -0.483 e. The molecule has 0 aromatic carbocycles. The summed E-state index contributed by atoms with van der Waals surface area (Å²) in [5.74, 6) is 0.855. The van der Waals surface area contributed by atoms with Gasteiger partial charge in [-0.05, 0) is 12.0 Å². The standard InChI is InChI=1S/C8H14N2O3/c1-6-2-7(10(11)12)4-8(3-6)13-5-9/h3,6-7H,2,4-5,9H2,1H3. The van der Waals surface area contributed by atoms with Crippen molar-refractivity contribution in [3.8, 4) is 0 Å². The topological polar surface area (TPSA) is 78.4 Å². The van der Waals surface area contributed by atoms with Crippen LogP contribution in [-0.4, -0.2) is 17.7 Å². The summed E-state index contributed by atoms with van der Waals surface area (Å²) in [4.78, 5) is 10.3. The fourth-order valence-corrected chi connectivity index (χ4v) is 1.57. The van der Waals surface area contributed by atoms with E-state index in [0.29, 0.717) is 18.6 Å². The van der Waals surface area contributed by atoms with Crippen molar-refractivity contribution in [2.45, 2.75) is 25.8 Å². The second-order valence-electron chi connectivity index (χ2n) is 3.30. The molecular weight excluding hydrogens is 172 g/mol. The molecule has 0 bridgehead atoms. The van der Waals surface area contributed by atoms with Crippen molar-refractivity contribution in [2.24, 2.45) is 11.7 Å². The number of hydrogen-bond donors (Lipinski definition) is 1. The SMILES string of the molecule is CC1C=C(OCN)CC([N+](=O)[O-])C1. The highest BCUT2D eigenvalue weighted by Crippen LogP contribution is 2.25. The van der Waals surface area contributed by atoms with Crippen LogP contribution in [0.2, 0.25) is 0 Å². The minimum atomic E-state index is -0.512. The van der Waals surface area contributed by atoms with Crippen LogP contribution in [0.5, 0.6) is 0 Å². The van der Waals surface area contributed by atoms with Crippen LogP contribution >= 0.6 is 0 Å². The molecule has 5 nitrogen and oxygen atoms in total. The molecule has 0 aliphatic heterocycles. The van der Waals surface area contributed by atoms with E-state index in [-0.39, 0.29) is 17.6 Å². The summed E-state index contributed by atoms with van der Waals surface area (Å²) in [5, 5.41) is 10.5. The summed E-state index contributed by atoms with van der Waals surface area (Å²) in [7, 11) is 0. The fraction of sp³-hybridized carbons (Fsp3) is 0.750. The average molecular weight is 186 g/mol.